The smallest absolute Gasteiger partial charge is 0.0657 e. The third kappa shape index (κ3) is 0.726. The molecule has 1 fully saturated rings. The fourth-order valence-corrected chi connectivity index (χ4v) is 0.767. The van der Waals surface area contributed by atoms with E-state index >= 15 is 0 Å². The molecule has 0 aromatic heterocycles. The molecule has 1 saturated carbocycles. The van der Waals surface area contributed by atoms with Crippen molar-refractivity contribution in [2.24, 2.45) is 11.7 Å². The molecule has 2 heteroatoms. The van der Waals surface area contributed by atoms with Crippen molar-refractivity contribution >= 4 is 0 Å². The van der Waals surface area contributed by atoms with Gasteiger partial charge in [0, 0.05) is 12.0 Å². The number of nitrogens with zero attached hydrogens (tertiary/aromatic N) is 1. The molecule has 38 valence electrons. The highest BCUT2D eigenvalue weighted by Crippen LogP contribution is 2.23. The van der Waals surface area contributed by atoms with Crippen LogP contribution in [0, 0.1) is 17.2 Å². The lowest BCUT2D eigenvalue weighted by Crippen LogP contribution is -2.35. The quantitative estimate of drug-likeness (QED) is 0.470. The van der Waals surface area contributed by atoms with E-state index in [4.69, 9.17) is 11.0 Å². The van der Waals surface area contributed by atoms with Gasteiger partial charge in [-0.1, -0.05) is 0 Å². The minimum Gasteiger partial charge on any atom is -0.328 e. The van der Waals surface area contributed by atoms with Crippen molar-refractivity contribution in [1.29, 1.82) is 5.26 Å². The molecule has 1 aliphatic rings. The maximum absolute atomic E-state index is 8.20. The van der Waals surface area contributed by atoms with Crippen LogP contribution in [0.15, 0.2) is 0 Å². The van der Waals surface area contributed by atoms with Gasteiger partial charge in [0.25, 0.3) is 0 Å². The molecule has 0 radical (unpaired) electrons. The lowest BCUT2D eigenvalue weighted by molar-refractivity contribution is 0.332. The van der Waals surface area contributed by atoms with E-state index in [1.54, 1.807) is 0 Å². The van der Waals surface area contributed by atoms with E-state index in [9.17, 15) is 0 Å². The van der Waals surface area contributed by atoms with Crippen LogP contribution >= 0.6 is 0 Å². The van der Waals surface area contributed by atoms with Crippen LogP contribution in [0.3, 0.4) is 0 Å². The summed E-state index contributed by atoms with van der Waals surface area (Å²) >= 11 is 0. The highest BCUT2D eigenvalue weighted by Gasteiger charge is 2.24. The molecule has 0 atom stereocenters. The second-order valence-electron chi connectivity index (χ2n) is 2.06. The summed E-state index contributed by atoms with van der Waals surface area (Å²) in [6, 6.07) is 2.48. The summed E-state index contributed by atoms with van der Waals surface area (Å²) in [5, 5.41) is 8.20. The SMILES string of the molecule is N#C[C@H]1C[C@@H](N)C1. The van der Waals surface area contributed by atoms with Gasteiger partial charge in [0.1, 0.15) is 0 Å². The Balaban J connectivity index is 2.21. The average Bonchev–Trinajstić information content (AvgIpc) is 1.58. The van der Waals surface area contributed by atoms with Crippen LogP contribution in [0.1, 0.15) is 12.8 Å². The molecule has 7 heavy (non-hydrogen) atoms. The third-order valence-electron chi connectivity index (χ3n) is 1.36. The third-order valence-corrected chi connectivity index (χ3v) is 1.36. The fourth-order valence-electron chi connectivity index (χ4n) is 0.767. The lowest BCUT2D eigenvalue weighted by atomic mass is 9.82. The Bertz CT molecular complexity index is 97.1. The number of nitrogens with two attached hydrogens (primary N) is 1. The van der Waals surface area contributed by atoms with Crippen LogP contribution in [0.25, 0.3) is 0 Å². The summed E-state index contributed by atoms with van der Waals surface area (Å²) in [6.07, 6.45) is 1.83. The Morgan fingerprint density at radius 1 is 1.57 bits per heavy atom. The molecule has 2 nitrogen and oxygen atoms in total. The second-order valence-corrected chi connectivity index (χ2v) is 2.06. The number of rotatable bonds is 0. The molecule has 0 aromatic carbocycles. The Morgan fingerprint density at radius 2 is 2.14 bits per heavy atom. The summed E-state index contributed by atoms with van der Waals surface area (Å²) in [6.45, 7) is 0. The molecule has 1 aliphatic carbocycles. The van der Waals surface area contributed by atoms with Gasteiger partial charge in [-0.05, 0) is 12.8 Å². The van der Waals surface area contributed by atoms with Gasteiger partial charge in [-0.15, -0.1) is 0 Å². The first-order valence-electron chi connectivity index (χ1n) is 2.48. The molecule has 0 saturated heterocycles. The van der Waals surface area contributed by atoms with Crippen molar-refractivity contribution < 1.29 is 0 Å². The minimum atomic E-state index is 0.273. The lowest BCUT2D eigenvalue weighted by Gasteiger charge is -2.25. The second kappa shape index (κ2) is 1.51. The molecule has 0 amide bonds. The van der Waals surface area contributed by atoms with Gasteiger partial charge in [-0.3, -0.25) is 0 Å². The van der Waals surface area contributed by atoms with Gasteiger partial charge in [0.05, 0.1) is 6.07 Å². The van der Waals surface area contributed by atoms with E-state index in [0.717, 1.165) is 12.8 Å². The normalized spacial score (nSPS) is 38.9. The first kappa shape index (κ1) is 4.61. The summed E-state index contributed by atoms with van der Waals surface area (Å²) in [5.74, 6) is 0.273. The van der Waals surface area contributed by atoms with Crippen LogP contribution < -0.4 is 5.73 Å². The molecule has 0 aromatic rings. The first-order valence-corrected chi connectivity index (χ1v) is 2.48. The predicted octanol–water partition coefficient (Wildman–Crippen LogP) is 0.247. The Morgan fingerprint density at radius 3 is 2.29 bits per heavy atom. The first-order chi connectivity index (χ1) is 3.33. The summed E-state index contributed by atoms with van der Waals surface area (Å²) in [5.41, 5.74) is 5.39. The van der Waals surface area contributed by atoms with Gasteiger partial charge < -0.3 is 5.73 Å². The number of nitriles is 1. The molecule has 0 unspecified atom stereocenters. The Hall–Kier alpha value is -0.550. The summed E-state index contributed by atoms with van der Waals surface area (Å²) in [4.78, 5) is 0. The van der Waals surface area contributed by atoms with Gasteiger partial charge in [0.15, 0.2) is 0 Å². The molecular weight excluding hydrogens is 88.1 g/mol. The molecule has 0 bridgehead atoms. The van der Waals surface area contributed by atoms with Crippen LogP contribution in [-0.4, -0.2) is 6.04 Å². The highest BCUT2D eigenvalue weighted by atomic mass is 14.7. The molecular formula is C5H8N2. The number of hydrogen-bond acceptors (Lipinski definition) is 2. The average molecular weight is 96.1 g/mol. The number of hydrogen-bond donors (Lipinski definition) is 1. The van der Waals surface area contributed by atoms with Crippen LogP contribution in [-0.2, 0) is 0 Å². The van der Waals surface area contributed by atoms with Crippen molar-refractivity contribution in [1.82, 2.24) is 0 Å². The van der Waals surface area contributed by atoms with Crippen molar-refractivity contribution in [3.05, 3.63) is 0 Å². The van der Waals surface area contributed by atoms with E-state index in [2.05, 4.69) is 6.07 Å². The van der Waals surface area contributed by atoms with Gasteiger partial charge in [-0.25, -0.2) is 0 Å². The van der Waals surface area contributed by atoms with Crippen LogP contribution in [0.2, 0.25) is 0 Å². The van der Waals surface area contributed by atoms with E-state index in [0.29, 0.717) is 6.04 Å². The monoisotopic (exact) mass is 96.1 g/mol. The summed E-state index contributed by atoms with van der Waals surface area (Å²) in [7, 11) is 0. The van der Waals surface area contributed by atoms with Crippen LogP contribution in [0.4, 0.5) is 0 Å². The maximum Gasteiger partial charge on any atom is 0.0657 e. The van der Waals surface area contributed by atoms with E-state index in [-0.39, 0.29) is 5.92 Å². The standard InChI is InChI=1S/C5H8N2/c6-3-4-1-5(7)2-4/h4-5H,1-2,7H2/t4-,5+. The summed E-state index contributed by atoms with van der Waals surface area (Å²) < 4.78 is 0. The Kier molecular flexibility index (Phi) is 0.994. The van der Waals surface area contributed by atoms with Crippen LogP contribution in [0.5, 0.6) is 0 Å². The predicted molar refractivity (Wildman–Crippen MR) is 26.3 cm³/mol. The maximum atomic E-state index is 8.20. The Labute approximate surface area is 42.9 Å². The van der Waals surface area contributed by atoms with E-state index in [1.807, 2.05) is 0 Å². The zero-order valence-corrected chi connectivity index (χ0v) is 4.09. The fraction of sp³-hybridized carbons (Fsp3) is 0.800. The van der Waals surface area contributed by atoms with E-state index in [1.165, 1.54) is 0 Å². The van der Waals surface area contributed by atoms with Gasteiger partial charge >= 0.3 is 0 Å². The van der Waals surface area contributed by atoms with Crippen molar-refractivity contribution in [2.45, 2.75) is 18.9 Å². The highest BCUT2D eigenvalue weighted by molar-refractivity contribution is 4.95. The molecule has 1 rings (SSSR count). The van der Waals surface area contributed by atoms with Crippen molar-refractivity contribution in [2.75, 3.05) is 0 Å². The molecule has 2 N–H and O–H groups in total. The van der Waals surface area contributed by atoms with Gasteiger partial charge in [-0.2, -0.15) is 5.26 Å². The van der Waals surface area contributed by atoms with Crippen molar-refractivity contribution in [3.8, 4) is 6.07 Å². The molecule has 0 aliphatic heterocycles. The van der Waals surface area contributed by atoms with Gasteiger partial charge in [0.2, 0.25) is 0 Å². The largest absolute Gasteiger partial charge is 0.328 e. The van der Waals surface area contributed by atoms with Crippen molar-refractivity contribution in [3.63, 3.8) is 0 Å². The zero-order valence-electron chi connectivity index (χ0n) is 4.09. The topological polar surface area (TPSA) is 49.8 Å². The van der Waals surface area contributed by atoms with E-state index < -0.39 is 0 Å². The zero-order chi connectivity index (χ0) is 5.28. The molecule has 0 spiro atoms. The molecule has 0 heterocycles. The minimum absolute atomic E-state index is 0.273.